The summed E-state index contributed by atoms with van der Waals surface area (Å²) in [7, 11) is 0. The van der Waals surface area contributed by atoms with Crippen molar-refractivity contribution in [2.75, 3.05) is 6.54 Å². The van der Waals surface area contributed by atoms with Crippen LogP contribution in [-0.4, -0.2) is 21.8 Å². The fraction of sp³-hybridized carbons (Fsp3) is 0.350. The van der Waals surface area contributed by atoms with Crippen LogP contribution >= 0.6 is 0 Å². The summed E-state index contributed by atoms with van der Waals surface area (Å²) in [6, 6.07) is 10.2. The molecule has 0 bridgehead atoms. The molecular formula is C20H25N3O2. The minimum Gasteiger partial charge on any atom is -0.466 e. The Morgan fingerprint density at radius 1 is 1.24 bits per heavy atom. The SMILES string of the molecule is Cc1cccc(-c2[nH]ncc2CNCC(C)(O)c2cc(C)oc2C)c1. The second kappa shape index (κ2) is 6.86. The molecule has 2 aromatic heterocycles. The molecule has 132 valence electrons. The van der Waals surface area contributed by atoms with E-state index in [1.165, 1.54) is 5.56 Å². The van der Waals surface area contributed by atoms with E-state index in [-0.39, 0.29) is 0 Å². The Morgan fingerprint density at radius 3 is 2.72 bits per heavy atom. The van der Waals surface area contributed by atoms with E-state index in [0.717, 1.165) is 33.9 Å². The number of nitrogens with zero attached hydrogens (tertiary/aromatic N) is 1. The van der Waals surface area contributed by atoms with Crippen molar-refractivity contribution >= 4 is 0 Å². The predicted molar refractivity (Wildman–Crippen MR) is 98.2 cm³/mol. The summed E-state index contributed by atoms with van der Waals surface area (Å²) < 4.78 is 5.54. The normalized spacial score (nSPS) is 13.8. The average molecular weight is 339 g/mol. The Balaban J connectivity index is 1.69. The van der Waals surface area contributed by atoms with E-state index in [0.29, 0.717) is 13.1 Å². The van der Waals surface area contributed by atoms with Crippen LogP contribution in [0.25, 0.3) is 11.3 Å². The van der Waals surface area contributed by atoms with E-state index in [4.69, 9.17) is 4.42 Å². The minimum absolute atomic E-state index is 0.422. The van der Waals surface area contributed by atoms with E-state index in [1.807, 2.05) is 32.2 Å². The van der Waals surface area contributed by atoms with Gasteiger partial charge in [0.25, 0.3) is 0 Å². The number of benzene rings is 1. The number of H-pyrrole nitrogens is 1. The van der Waals surface area contributed by atoms with E-state index in [1.54, 1.807) is 6.92 Å². The van der Waals surface area contributed by atoms with Gasteiger partial charge in [-0.1, -0.05) is 23.8 Å². The van der Waals surface area contributed by atoms with Crippen LogP contribution in [0.2, 0.25) is 0 Å². The molecule has 0 amide bonds. The van der Waals surface area contributed by atoms with Crippen molar-refractivity contribution in [2.45, 2.75) is 39.8 Å². The van der Waals surface area contributed by atoms with Crippen molar-refractivity contribution in [2.24, 2.45) is 0 Å². The number of rotatable bonds is 6. The summed E-state index contributed by atoms with van der Waals surface area (Å²) in [5, 5.41) is 21.4. The summed E-state index contributed by atoms with van der Waals surface area (Å²) in [5.41, 5.74) is 4.23. The largest absolute Gasteiger partial charge is 0.466 e. The lowest BCUT2D eigenvalue weighted by molar-refractivity contribution is 0.0552. The monoisotopic (exact) mass is 339 g/mol. The number of aromatic amines is 1. The zero-order chi connectivity index (χ0) is 18.0. The third kappa shape index (κ3) is 3.83. The van der Waals surface area contributed by atoms with Crippen LogP contribution in [0.1, 0.15) is 35.1 Å². The van der Waals surface area contributed by atoms with Gasteiger partial charge in [0.05, 0.1) is 11.9 Å². The quantitative estimate of drug-likeness (QED) is 0.641. The van der Waals surface area contributed by atoms with Crippen LogP contribution in [0.15, 0.2) is 40.9 Å². The fourth-order valence-corrected chi connectivity index (χ4v) is 3.20. The Bertz CT molecular complexity index is 861. The Hall–Kier alpha value is -2.37. The van der Waals surface area contributed by atoms with Crippen molar-refractivity contribution in [3.63, 3.8) is 0 Å². The number of nitrogens with one attached hydrogen (secondary N) is 2. The highest BCUT2D eigenvalue weighted by atomic mass is 16.3. The fourth-order valence-electron chi connectivity index (χ4n) is 3.20. The van der Waals surface area contributed by atoms with Crippen LogP contribution in [0, 0.1) is 20.8 Å². The van der Waals surface area contributed by atoms with Gasteiger partial charge >= 0.3 is 0 Å². The Kier molecular flexibility index (Phi) is 4.79. The first-order valence-electron chi connectivity index (χ1n) is 8.47. The van der Waals surface area contributed by atoms with Gasteiger partial charge in [-0.25, -0.2) is 0 Å². The highest BCUT2D eigenvalue weighted by molar-refractivity contribution is 5.63. The molecule has 0 aliphatic heterocycles. The molecular weight excluding hydrogens is 314 g/mol. The zero-order valence-corrected chi connectivity index (χ0v) is 15.2. The van der Waals surface area contributed by atoms with Gasteiger partial charge in [0.15, 0.2) is 0 Å². The van der Waals surface area contributed by atoms with Crippen LogP contribution < -0.4 is 5.32 Å². The van der Waals surface area contributed by atoms with Gasteiger partial charge in [-0.05, 0) is 39.8 Å². The summed E-state index contributed by atoms with van der Waals surface area (Å²) in [5.74, 6) is 1.57. The lowest BCUT2D eigenvalue weighted by Gasteiger charge is -2.23. The molecule has 3 N–H and O–H groups in total. The molecule has 0 fully saturated rings. The molecule has 0 saturated carbocycles. The Morgan fingerprint density at radius 2 is 2.04 bits per heavy atom. The molecule has 1 unspecified atom stereocenters. The molecule has 0 spiro atoms. The van der Waals surface area contributed by atoms with E-state index in [2.05, 4.69) is 40.6 Å². The van der Waals surface area contributed by atoms with Gasteiger partial charge in [0, 0.05) is 29.8 Å². The highest BCUT2D eigenvalue weighted by Crippen LogP contribution is 2.27. The molecule has 0 aliphatic rings. The maximum Gasteiger partial charge on any atom is 0.107 e. The molecule has 25 heavy (non-hydrogen) atoms. The number of furan rings is 1. The number of aliphatic hydroxyl groups is 1. The molecule has 0 aliphatic carbocycles. The van der Waals surface area contributed by atoms with E-state index < -0.39 is 5.60 Å². The first-order valence-corrected chi connectivity index (χ1v) is 8.47. The van der Waals surface area contributed by atoms with Crippen molar-refractivity contribution in [1.82, 2.24) is 15.5 Å². The van der Waals surface area contributed by atoms with Gasteiger partial charge in [-0.15, -0.1) is 0 Å². The molecule has 3 aromatic rings. The van der Waals surface area contributed by atoms with Crippen LogP contribution in [0.5, 0.6) is 0 Å². The number of hydrogen-bond donors (Lipinski definition) is 3. The first kappa shape index (κ1) is 17.5. The van der Waals surface area contributed by atoms with Crippen molar-refractivity contribution < 1.29 is 9.52 Å². The van der Waals surface area contributed by atoms with Crippen LogP contribution in [-0.2, 0) is 12.1 Å². The maximum absolute atomic E-state index is 10.8. The summed E-state index contributed by atoms with van der Waals surface area (Å²) >= 11 is 0. The van der Waals surface area contributed by atoms with Crippen molar-refractivity contribution in [3.05, 3.63) is 64.7 Å². The number of aryl methyl sites for hydroxylation is 3. The van der Waals surface area contributed by atoms with Gasteiger partial charge in [-0.2, -0.15) is 5.10 Å². The predicted octanol–water partition coefficient (Wildman–Crippen LogP) is 3.59. The number of hydrogen-bond acceptors (Lipinski definition) is 4. The molecule has 3 rings (SSSR count). The van der Waals surface area contributed by atoms with Gasteiger partial charge in [0.1, 0.15) is 17.1 Å². The van der Waals surface area contributed by atoms with Gasteiger partial charge in [-0.3, -0.25) is 5.10 Å². The molecule has 1 atom stereocenters. The van der Waals surface area contributed by atoms with E-state index in [9.17, 15) is 5.11 Å². The first-order chi connectivity index (χ1) is 11.9. The number of aromatic nitrogens is 2. The molecule has 5 heteroatoms. The van der Waals surface area contributed by atoms with Crippen molar-refractivity contribution in [1.29, 1.82) is 0 Å². The van der Waals surface area contributed by atoms with E-state index >= 15 is 0 Å². The lowest BCUT2D eigenvalue weighted by Crippen LogP contribution is -2.35. The molecule has 5 nitrogen and oxygen atoms in total. The topological polar surface area (TPSA) is 74.1 Å². The summed E-state index contributed by atoms with van der Waals surface area (Å²) in [4.78, 5) is 0. The second-order valence-electron chi connectivity index (χ2n) is 6.84. The molecule has 0 radical (unpaired) electrons. The summed E-state index contributed by atoms with van der Waals surface area (Å²) in [6.45, 7) is 8.68. The highest BCUT2D eigenvalue weighted by Gasteiger charge is 2.27. The third-order valence-electron chi connectivity index (χ3n) is 4.43. The lowest BCUT2D eigenvalue weighted by atomic mass is 9.96. The smallest absolute Gasteiger partial charge is 0.107 e. The molecule has 0 saturated heterocycles. The van der Waals surface area contributed by atoms with Gasteiger partial charge in [0.2, 0.25) is 0 Å². The Labute approximate surface area is 148 Å². The second-order valence-corrected chi connectivity index (χ2v) is 6.84. The standard InChI is InChI=1S/C20H25N3O2/c1-13-6-5-7-16(8-13)19-17(11-22-23-19)10-21-12-20(4,24)18-9-14(2)25-15(18)3/h5-9,11,21,24H,10,12H2,1-4H3,(H,22,23). The summed E-state index contributed by atoms with van der Waals surface area (Å²) in [6.07, 6.45) is 1.83. The average Bonchev–Trinajstić information content (AvgIpc) is 3.13. The third-order valence-corrected chi connectivity index (χ3v) is 4.43. The van der Waals surface area contributed by atoms with Crippen LogP contribution in [0.3, 0.4) is 0 Å². The minimum atomic E-state index is -0.991. The molecule has 1 aromatic carbocycles. The maximum atomic E-state index is 10.8. The zero-order valence-electron chi connectivity index (χ0n) is 15.2. The molecule has 2 heterocycles. The van der Waals surface area contributed by atoms with Crippen molar-refractivity contribution in [3.8, 4) is 11.3 Å². The van der Waals surface area contributed by atoms with Crippen LogP contribution in [0.4, 0.5) is 0 Å². The van der Waals surface area contributed by atoms with Gasteiger partial charge < -0.3 is 14.8 Å².